The van der Waals surface area contributed by atoms with Crippen molar-refractivity contribution >= 4 is 33.2 Å². The second-order valence-electron chi connectivity index (χ2n) is 7.98. The van der Waals surface area contributed by atoms with Crippen molar-refractivity contribution in [3.05, 3.63) is 40.2 Å². The summed E-state index contributed by atoms with van der Waals surface area (Å²) in [5.41, 5.74) is 2.02. The molecule has 1 N–H and O–H groups in total. The topological polar surface area (TPSA) is 95.7 Å². The third-order valence-corrected chi connectivity index (χ3v) is 7.66. The molecule has 1 saturated heterocycles. The second-order valence-corrected chi connectivity index (χ2v) is 10.3. The van der Waals surface area contributed by atoms with E-state index in [1.54, 1.807) is 0 Å². The van der Waals surface area contributed by atoms with Gasteiger partial charge in [0.2, 0.25) is 15.9 Å². The standard InChI is InChI=1S/C21H29ClN4O4S/c1-15-18(16(2)30-24-15)13-25(3)14-21(27)23-20-12-17(8-9-19(20)22)31(28,29)26-10-6-4-5-7-11-26/h8-9,12H,4-7,10-11,13-14H2,1-3H3,(H,23,27). The number of nitrogens with one attached hydrogen (secondary N) is 1. The highest BCUT2D eigenvalue weighted by Gasteiger charge is 2.26. The Morgan fingerprint density at radius 1 is 1.23 bits per heavy atom. The van der Waals surface area contributed by atoms with Crippen molar-refractivity contribution in [2.75, 3.05) is 32.0 Å². The van der Waals surface area contributed by atoms with Crippen LogP contribution in [0.4, 0.5) is 5.69 Å². The molecule has 0 saturated carbocycles. The van der Waals surface area contributed by atoms with Gasteiger partial charge in [0.25, 0.3) is 0 Å². The van der Waals surface area contributed by atoms with E-state index in [0.717, 1.165) is 42.7 Å². The minimum atomic E-state index is -3.63. The maximum atomic E-state index is 13.1. The molecule has 170 valence electrons. The Morgan fingerprint density at radius 2 is 1.90 bits per heavy atom. The third-order valence-electron chi connectivity index (χ3n) is 5.44. The molecular formula is C21H29ClN4O4S. The zero-order valence-corrected chi connectivity index (χ0v) is 19.7. The first kappa shape index (κ1) is 23.7. The van der Waals surface area contributed by atoms with E-state index in [2.05, 4.69) is 10.5 Å². The molecule has 1 amide bonds. The summed E-state index contributed by atoms with van der Waals surface area (Å²) in [6, 6.07) is 4.44. The van der Waals surface area contributed by atoms with E-state index in [0.29, 0.717) is 19.6 Å². The van der Waals surface area contributed by atoms with Gasteiger partial charge in [-0.3, -0.25) is 9.69 Å². The summed E-state index contributed by atoms with van der Waals surface area (Å²) in [5.74, 6) is 0.430. The third kappa shape index (κ3) is 5.85. The van der Waals surface area contributed by atoms with Gasteiger partial charge in [-0.1, -0.05) is 29.6 Å². The van der Waals surface area contributed by atoms with Crippen LogP contribution in [0.5, 0.6) is 0 Å². The fourth-order valence-corrected chi connectivity index (χ4v) is 5.39. The number of nitrogens with zero attached hydrogens (tertiary/aromatic N) is 3. The molecule has 1 aliphatic heterocycles. The number of aromatic nitrogens is 1. The van der Waals surface area contributed by atoms with Crippen LogP contribution in [-0.4, -0.2) is 55.4 Å². The molecule has 0 aliphatic carbocycles. The number of benzene rings is 1. The van der Waals surface area contributed by atoms with Gasteiger partial charge in [-0.25, -0.2) is 8.42 Å². The maximum absolute atomic E-state index is 13.1. The van der Waals surface area contributed by atoms with Crippen LogP contribution in [-0.2, 0) is 21.4 Å². The van der Waals surface area contributed by atoms with Crippen molar-refractivity contribution in [3.63, 3.8) is 0 Å². The number of aryl methyl sites for hydroxylation is 2. The number of hydrogen-bond donors (Lipinski definition) is 1. The highest BCUT2D eigenvalue weighted by Crippen LogP contribution is 2.28. The Balaban J connectivity index is 1.69. The number of likely N-dealkylation sites (N-methyl/N-ethyl adjacent to an activating group) is 1. The molecule has 10 heteroatoms. The summed E-state index contributed by atoms with van der Waals surface area (Å²) in [5, 5.41) is 6.96. The molecule has 2 aromatic rings. The quantitative estimate of drug-likeness (QED) is 0.667. The van der Waals surface area contributed by atoms with Gasteiger partial charge >= 0.3 is 0 Å². The number of halogens is 1. The largest absolute Gasteiger partial charge is 0.361 e. The molecule has 0 bridgehead atoms. The van der Waals surface area contributed by atoms with Crippen molar-refractivity contribution in [1.82, 2.24) is 14.4 Å². The number of amides is 1. The Kier molecular flexibility index (Phi) is 7.74. The summed E-state index contributed by atoms with van der Waals surface area (Å²) in [7, 11) is -1.82. The number of sulfonamides is 1. The van der Waals surface area contributed by atoms with E-state index in [4.69, 9.17) is 16.1 Å². The van der Waals surface area contributed by atoms with Crippen molar-refractivity contribution < 1.29 is 17.7 Å². The number of carbonyl (C=O) groups excluding carboxylic acids is 1. The number of carbonyl (C=O) groups is 1. The highest BCUT2D eigenvalue weighted by molar-refractivity contribution is 7.89. The van der Waals surface area contributed by atoms with E-state index < -0.39 is 10.0 Å². The average molecular weight is 469 g/mol. The molecule has 1 fully saturated rings. The highest BCUT2D eigenvalue weighted by atomic mass is 35.5. The van der Waals surface area contributed by atoms with Crippen LogP contribution in [0.1, 0.15) is 42.7 Å². The zero-order chi connectivity index (χ0) is 22.6. The maximum Gasteiger partial charge on any atom is 0.243 e. The Labute approximate surface area is 188 Å². The first-order chi connectivity index (χ1) is 14.7. The fraction of sp³-hybridized carbons (Fsp3) is 0.524. The van der Waals surface area contributed by atoms with E-state index in [9.17, 15) is 13.2 Å². The smallest absolute Gasteiger partial charge is 0.243 e. The molecule has 1 aliphatic rings. The number of rotatable bonds is 7. The summed E-state index contributed by atoms with van der Waals surface area (Å²) in [6.45, 7) is 5.32. The van der Waals surface area contributed by atoms with Gasteiger partial charge in [-0.15, -0.1) is 0 Å². The Bertz CT molecular complexity index is 1010. The van der Waals surface area contributed by atoms with Crippen LogP contribution in [0, 0.1) is 13.8 Å². The molecule has 31 heavy (non-hydrogen) atoms. The lowest BCUT2D eigenvalue weighted by molar-refractivity contribution is -0.117. The predicted molar refractivity (Wildman–Crippen MR) is 120 cm³/mol. The van der Waals surface area contributed by atoms with E-state index >= 15 is 0 Å². The molecule has 1 aromatic carbocycles. The van der Waals surface area contributed by atoms with Crippen LogP contribution < -0.4 is 5.32 Å². The normalized spacial score (nSPS) is 15.8. The van der Waals surface area contributed by atoms with Gasteiger partial charge in [0.15, 0.2) is 0 Å². The van der Waals surface area contributed by atoms with E-state index in [1.165, 1.54) is 22.5 Å². The Morgan fingerprint density at radius 3 is 2.52 bits per heavy atom. The lowest BCUT2D eigenvalue weighted by atomic mass is 10.2. The van der Waals surface area contributed by atoms with Crippen LogP contribution in [0.2, 0.25) is 5.02 Å². The molecule has 1 aromatic heterocycles. The molecule has 0 atom stereocenters. The van der Waals surface area contributed by atoms with Crippen LogP contribution >= 0.6 is 11.6 Å². The summed E-state index contributed by atoms with van der Waals surface area (Å²) in [6.07, 6.45) is 3.78. The van der Waals surface area contributed by atoms with Gasteiger partial charge in [-0.05, 0) is 51.9 Å². The molecule has 8 nitrogen and oxygen atoms in total. The molecular weight excluding hydrogens is 440 g/mol. The first-order valence-electron chi connectivity index (χ1n) is 10.4. The van der Waals surface area contributed by atoms with Crippen molar-refractivity contribution in [3.8, 4) is 0 Å². The summed E-state index contributed by atoms with van der Waals surface area (Å²) in [4.78, 5) is 14.5. The summed E-state index contributed by atoms with van der Waals surface area (Å²) >= 11 is 6.24. The molecule has 0 unspecified atom stereocenters. The SMILES string of the molecule is Cc1noc(C)c1CN(C)CC(=O)Nc1cc(S(=O)(=O)N2CCCCCC2)ccc1Cl. The molecule has 0 spiro atoms. The number of hydrogen-bond acceptors (Lipinski definition) is 6. The van der Waals surface area contributed by atoms with Gasteiger partial charge in [-0.2, -0.15) is 4.31 Å². The first-order valence-corrected chi connectivity index (χ1v) is 12.2. The van der Waals surface area contributed by atoms with Crippen LogP contribution in [0.15, 0.2) is 27.6 Å². The lowest BCUT2D eigenvalue weighted by Crippen LogP contribution is -2.32. The minimum absolute atomic E-state index is 0.101. The van der Waals surface area contributed by atoms with Gasteiger partial charge in [0.1, 0.15) is 5.76 Å². The fourth-order valence-electron chi connectivity index (χ4n) is 3.68. The van der Waals surface area contributed by atoms with Gasteiger partial charge in [0, 0.05) is 25.2 Å². The minimum Gasteiger partial charge on any atom is -0.361 e. The van der Waals surface area contributed by atoms with Gasteiger partial charge in [0.05, 0.1) is 27.8 Å². The van der Waals surface area contributed by atoms with Crippen molar-refractivity contribution in [2.45, 2.75) is 51.0 Å². The molecule has 3 rings (SSSR count). The lowest BCUT2D eigenvalue weighted by Gasteiger charge is -2.21. The Hall–Kier alpha value is -1.94. The van der Waals surface area contributed by atoms with Crippen molar-refractivity contribution in [2.24, 2.45) is 0 Å². The summed E-state index contributed by atoms with van der Waals surface area (Å²) < 4.78 is 32.8. The molecule has 2 heterocycles. The zero-order valence-electron chi connectivity index (χ0n) is 18.1. The number of anilines is 1. The molecule has 0 radical (unpaired) electrons. The van der Waals surface area contributed by atoms with E-state index in [1.807, 2.05) is 25.8 Å². The average Bonchev–Trinajstić information content (AvgIpc) is 2.92. The van der Waals surface area contributed by atoms with Gasteiger partial charge < -0.3 is 9.84 Å². The van der Waals surface area contributed by atoms with Crippen LogP contribution in [0.3, 0.4) is 0 Å². The predicted octanol–water partition coefficient (Wildman–Crippen LogP) is 3.58. The monoisotopic (exact) mass is 468 g/mol. The second kappa shape index (κ2) is 10.1. The van der Waals surface area contributed by atoms with Crippen LogP contribution in [0.25, 0.3) is 0 Å². The van der Waals surface area contributed by atoms with E-state index in [-0.39, 0.29) is 28.1 Å². The van der Waals surface area contributed by atoms with Crippen molar-refractivity contribution in [1.29, 1.82) is 0 Å².